The number of para-hydroxylation sites is 1. The number of hydrazone groups is 1. The van der Waals surface area contributed by atoms with Gasteiger partial charge >= 0.3 is 0 Å². The topological polar surface area (TPSA) is 114 Å². The normalized spacial score (nSPS) is 10.7. The molecule has 0 saturated carbocycles. The lowest BCUT2D eigenvalue weighted by Gasteiger charge is -2.06. The van der Waals surface area contributed by atoms with Crippen LogP contribution in [0.1, 0.15) is 25.8 Å². The Labute approximate surface area is 127 Å². The van der Waals surface area contributed by atoms with Crippen LogP contribution in [0.4, 0.5) is 5.69 Å². The highest BCUT2D eigenvalue weighted by Gasteiger charge is 2.11. The van der Waals surface area contributed by atoms with Crippen LogP contribution < -0.4 is 10.7 Å². The first-order chi connectivity index (χ1) is 10.4. The molecule has 0 saturated heterocycles. The number of carbonyl (C=O) groups excluding carboxylic acids is 2. The summed E-state index contributed by atoms with van der Waals surface area (Å²) < 4.78 is 0. The molecule has 0 heterocycles. The zero-order valence-electron chi connectivity index (χ0n) is 12.4. The number of rotatable bonds is 7. The van der Waals surface area contributed by atoms with E-state index in [1.807, 2.05) is 13.8 Å². The monoisotopic (exact) mass is 306 g/mol. The lowest BCUT2D eigenvalue weighted by Crippen LogP contribution is -2.32. The summed E-state index contributed by atoms with van der Waals surface area (Å²) in [5, 5.41) is 17.0. The fraction of sp³-hybridized carbons (Fsp3) is 0.357. The third kappa shape index (κ3) is 6.12. The van der Waals surface area contributed by atoms with Gasteiger partial charge in [-0.3, -0.25) is 19.7 Å². The highest BCUT2D eigenvalue weighted by Crippen LogP contribution is 2.14. The molecule has 0 bridgehead atoms. The van der Waals surface area contributed by atoms with Crippen LogP contribution in [0.25, 0.3) is 0 Å². The van der Waals surface area contributed by atoms with Crippen LogP contribution in [0.2, 0.25) is 0 Å². The molecule has 22 heavy (non-hydrogen) atoms. The molecule has 0 aliphatic carbocycles. The van der Waals surface area contributed by atoms with Gasteiger partial charge in [0, 0.05) is 12.6 Å². The maximum Gasteiger partial charge on any atom is 0.278 e. The third-order valence-corrected chi connectivity index (χ3v) is 2.55. The summed E-state index contributed by atoms with van der Waals surface area (Å²) in [6.07, 6.45) is 0.822. The number of amides is 2. The van der Waals surface area contributed by atoms with Crippen molar-refractivity contribution in [2.24, 2.45) is 11.0 Å². The number of hydrogen-bond donors (Lipinski definition) is 2. The molecule has 8 nitrogen and oxygen atoms in total. The van der Waals surface area contributed by atoms with E-state index in [9.17, 15) is 19.7 Å². The molecule has 1 aromatic rings. The largest absolute Gasteiger partial charge is 0.355 e. The molecule has 0 fully saturated rings. The first kappa shape index (κ1) is 17.3. The Morgan fingerprint density at radius 3 is 2.64 bits per heavy atom. The fourth-order valence-electron chi connectivity index (χ4n) is 1.50. The van der Waals surface area contributed by atoms with Crippen molar-refractivity contribution >= 4 is 23.7 Å². The van der Waals surface area contributed by atoms with Gasteiger partial charge in [-0.25, -0.2) is 5.43 Å². The second-order valence-electron chi connectivity index (χ2n) is 4.98. The van der Waals surface area contributed by atoms with Gasteiger partial charge in [0.15, 0.2) is 0 Å². The molecule has 2 amide bonds. The van der Waals surface area contributed by atoms with Gasteiger partial charge in [-0.1, -0.05) is 26.0 Å². The molecule has 2 N–H and O–H groups in total. The summed E-state index contributed by atoms with van der Waals surface area (Å²) in [6, 6.07) is 5.99. The predicted octanol–water partition coefficient (Wildman–Crippen LogP) is 1.21. The lowest BCUT2D eigenvalue weighted by molar-refractivity contribution is -0.385. The number of nitro benzene ring substituents is 1. The molecule has 8 heteroatoms. The minimum absolute atomic E-state index is 0.116. The Morgan fingerprint density at radius 1 is 1.32 bits per heavy atom. The average Bonchev–Trinajstić information content (AvgIpc) is 2.45. The van der Waals surface area contributed by atoms with Gasteiger partial charge in [0.1, 0.15) is 6.42 Å². The smallest absolute Gasteiger partial charge is 0.278 e. The summed E-state index contributed by atoms with van der Waals surface area (Å²) in [4.78, 5) is 33.2. The van der Waals surface area contributed by atoms with Gasteiger partial charge in [0.25, 0.3) is 5.69 Å². The number of carbonyl (C=O) groups is 2. The van der Waals surface area contributed by atoms with E-state index < -0.39 is 16.7 Å². The number of nitrogens with zero attached hydrogens (tertiary/aromatic N) is 2. The van der Waals surface area contributed by atoms with E-state index in [1.54, 1.807) is 6.07 Å². The highest BCUT2D eigenvalue weighted by molar-refractivity contribution is 5.97. The molecule has 0 spiro atoms. The standard InChI is InChI=1S/C14H18N4O4/c1-10(2)8-15-13(19)7-14(20)17-16-9-11-5-3-4-6-12(11)18(21)22/h3-6,9-10H,7-8H2,1-2H3,(H,15,19)(H,17,20)/b16-9-. The SMILES string of the molecule is CC(C)CNC(=O)CC(=O)N/N=C\c1ccccc1[N+](=O)[O-]. The van der Waals surface area contributed by atoms with Gasteiger partial charge in [-0.15, -0.1) is 0 Å². The highest BCUT2D eigenvalue weighted by atomic mass is 16.6. The van der Waals surface area contributed by atoms with Crippen LogP contribution in [-0.4, -0.2) is 29.5 Å². The van der Waals surface area contributed by atoms with Gasteiger partial charge in [-0.2, -0.15) is 5.10 Å². The number of nitrogens with one attached hydrogen (secondary N) is 2. The van der Waals surface area contributed by atoms with Crippen molar-refractivity contribution in [3.63, 3.8) is 0 Å². The molecule has 0 unspecified atom stereocenters. The number of hydrogen-bond acceptors (Lipinski definition) is 5. The zero-order chi connectivity index (χ0) is 16.5. The van der Waals surface area contributed by atoms with E-state index in [1.165, 1.54) is 24.4 Å². The van der Waals surface area contributed by atoms with E-state index in [-0.39, 0.29) is 17.7 Å². The predicted molar refractivity (Wildman–Crippen MR) is 81.3 cm³/mol. The molecule has 0 radical (unpaired) electrons. The van der Waals surface area contributed by atoms with E-state index in [0.717, 1.165) is 0 Å². The summed E-state index contributed by atoms with van der Waals surface area (Å²) in [7, 11) is 0. The van der Waals surface area contributed by atoms with Crippen LogP contribution in [0.15, 0.2) is 29.4 Å². The fourth-order valence-corrected chi connectivity index (χ4v) is 1.50. The maximum absolute atomic E-state index is 11.5. The minimum Gasteiger partial charge on any atom is -0.355 e. The second-order valence-corrected chi connectivity index (χ2v) is 4.98. The summed E-state index contributed by atoms with van der Waals surface area (Å²) in [5.41, 5.74) is 2.31. The van der Waals surface area contributed by atoms with Crippen LogP contribution in [0.5, 0.6) is 0 Å². The Kier molecular flexibility index (Phi) is 6.68. The van der Waals surface area contributed by atoms with Crippen molar-refractivity contribution in [1.82, 2.24) is 10.7 Å². The van der Waals surface area contributed by atoms with Crippen molar-refractivity contribution in [2.45, 2.75) is 20.3 Å². The van der Waals surface area contributed by atoms with E-state index in [0.29, 0.717) is 12.5 Å². The molecule has 118 valence electrons. The molecule has 0 aromatic heterocycles. The van der Waals surface area contributed by atoms with Crippen molar-refractivity contribution in [2.75, 3.05) is 6.54 Å². The van der Waals surface area contributed by atoms with Crippen LogP contribution in [0.3, 0.4) is 0 Å². The third-order valence-electron chi connectivity index (χ3n) is 2.55. The summed E-state index contributed by atoms with van der Waals surface area (Å²) in [5.74, 6) is -0.688. The van der Waals surface area contributed by atoms with E-state index >= 15 is 0 Å². The van der Waals surface area contributed by atoms with Gasteiger partial charge < -0.3 is 5.32 Å². The van der Waals surface area contributed by atoms with Crippen molar-refractivity contribution in [3.8, 4) is 0 Å². The Morgan fingerprint density at radius 2 is 2.00 bits per heavy atom. The van der Waals surface area contributed by atoms with Crippen LogP contribution in [-0.2, 0) is 9.59 Å². The van der Waals surface area contributed by atoms with Crippen LogP contribution in [0, 0.1) is 16.0 Å². The Bertz CT molecular complexity index is 584. The van der Waals surface area contributed by atoms with E-state index in [4.69, 9.17) is 0 Å². The molecule has 0 aliphatic heterocycles. The maximum atomic E-state index is 11.5. The first-order valence-corrected chi connectivity index (χ1v) is 6.72. The second kappa shape index (κ2) is 8.50. The number of benzene rings is 1. The average molecular weight is 306 g/mol. The van der Waals surface area contributed by atoms with Crippen molar-refractivity contribution in [3.05, 3.63) is 39.9 Å². The molecule has 0 atom stereocenters. The molecule has 1 aromatic carbocycles. The Hall–Kier alpha value is -2.77. The number of nitro groups is 1. The first-order valence-electron chi connectivity index (χ1n) is 6.72. The van der Waals surface area contributed by atoms with Gasteiger partial charge in [0.2, 0.25) is 11.8 Å². The lowest BCUT2D eigenvalue weighted by atomic mass is 10.2. The van der Waals surface area contributed by atoms with Gasteiger partial charge in [-0.05, 0) is 12.0 Å². The van der Waals surface area contributed by atoms with E-state index in [2.05, 4.69) is 15.8 Å². The van der Waals surface area contributed by atoms with Gasteiger partial charge in [0.05, 0.1) is 16.7 Å². The Balaban J connectivity index is 2.50. The summed E-state index contributed by atoms with van der Waals surface area (Å²) >= 11 is 0. The van der Waals surface area contributed by atoms with Crippen molar-refractivity contribution < 1.29 is 14.5 Å². The molecular weight excluding hydrogens is 288 g/mol. The quantitative estimate of drug-likeness (QED) is 0.341. The molecular formula is C14H18N4O4. The molecule has 1 rings (SSSR count). The molecule has 0 aliphatic rings. The summed E-state index contributed by atoms with van der Waals surface area (Å²) in [6.45, 7) is 4.38. The zero-order valence-corrected chi connectivity index (χ0v) is 12.4. The van der Waals surface area contributed by atoms with Crippen molar-refractivity contribution in [1.29, 1.82) is 0 Å². The minimum atomic E-state index is -0.587. The van der Waals surface area contributed by atoms with Crippen LogP contribution >= 0.6 is 0 Å².